The summed E-state index contributed by atoms with van der Waals surface area (Å²) in [5.41, 5.74) is 0. The minimum absolute atomic E-state index is 0.400. The zero-order valence-corrected chi connectivity index (χ0v) is 4.75. The van der Waals surface area contributed by atoms with Gasteiger partial charge in [0.25, 0.3) is 0 Å². The van der Waals surface area contributed by atoms with Gasteiger partial charge >= 0.3 is 0 Å². The van der Waals surface area contributed by atoms with Gasteiger partial charge in [-0.25, -0.2) is 0 Å². The monoisotopic (exact) mass is 127 g/mol. The van der Waals surface area contributed by atoms with E-state index < -0.39 is 11.7 Å². The van der Waals surface area contributed by atoms with Crippen molar-refractivity contribution in [1.29, 1.82) is 5.26 Å². The van der Waals surface area contributed by atoms with Gasteiger partial charge in [0.05, 0.1) is 0 Å². The second kappa shape index (κ2) is 3.43. The third kappa shape index (κ3) is 3.05. The molecule has 0 heterocycles. The molecule has 0 aliphatic heterocycles. The van der Waals surface area contributed by atoms with Crippen molar-refractivity contribution in [2.45, 2.75) is 6.92 Å². The van der Waals surface area contributed by atoms with Gasteiger partial charge in [-0.3, -0.25) is 10.1 Å². The number of rotatable bonds is 0. The van der Waals surface area contributed by atoms with Crippen LogP contribution in [-0.2, 0) is 4.79 Å². The summed E-state index contributed by atoms with van der Waals surface area (Å²) >= 11 is 0. The Morgan fingerprint density at radius 1 is 1.89 bits per heavy atom. The zero-order valence-electron chi connectivity index (χ0n) is 4.75. The minimum atomic E-state index is -0.440. The van der Waals surface area contributed by atoms with Crippen LogP contribution in [-0.4, -0.2) is 17.0 Å². The van der Waals surface area contributed by atoms with Crippen molar-refractivity contribution in [2.24, 2.45) is 5.16 Å². The highest BCUT2D eigenvalue weighted by atomic mass is 16.4. The summed E-state index contributed by atoms with van der Waals surface area (Å²) in [5.74, 6) is -0.841. The first kappa shape index (κ1) is 7.43. The molecule has 0 saturated heterocycles. The van der Waals surface area contributed by atoms with E-state index >= 15 is 0 Å². The molecular weight excluding hydrogens is 122 g/mol. The average molecular weight is 127 g/mol. The fourth-order valence-electron chi connectivity index (χ4n) is 0.242. The predicted molar refractivity (Wildman–Crippen MR) is 28.7 cm³/mol. The molecule has 0 radical (unpaired) electrons. The smallest absolute Gasteiger partial charge is 0.250 e. The summed E-state index contributed by atoms with van der Waals surface area (Å²) in [6.45, 7) is 1.21. The Bertz CT molecular complexity index is 179. The molecular formula is C4H5N3O2. The maximum atomic E-state index is 10.1. The molecule has 9 heavy (non-hydrogen) atoms. The third-order valence-corrected chi connectivity index (χ3v) is 0.500. The van der Waals surface area contributed by atoms with Crippen LogP contribution in [0.2, 0.25) is 0 Å². The molecule has 0 rings (SSSR count). The lowest BCUT2D eigenvalue weighted by molar-refractivity contribution is -0.117. The van der Waals surface area contributed by atoms with E-state index in [1.807, 2.05) is 5.32 Å². The average Bonchev–Trinajstić information content (AvgIpc) is 1.82. The Balaban J connectivity index is 3.91. The van der Waals surface area contributed by atoms with E-state index in [2.05, 4.69) is 5.16 Å². The highest BCUT2D eigenvalue weighted by Crippen LogP contribution is 1.66. The molecule has 0 aromatic carbocycles. The normalized spacial score (nSPS) is 10.0. The van der Waals surface area contributed by atoms with Gasteiger partial charge in [0.1, 0.15) is 6.07 Å². The van der Waals surface area contributed by atoms with E-state index in [0.29, 0.717) is 0 Å². The van der Waals surface area contributed by atoms with Crippen LogP contribution in [0.15, 0.2) is 5.16 Å². The van der Waals surface area contributed by atoms with Crippen molar-refractivity contribution in [3.8, 4) is 6.07 Å². The van der Waals surface area contributed by atoms with E-state index in [1.165, 1.54) is 13.0 Å². The van der Waals surface area contributed by atoms with Crippen LogP contribution in [0.25, 0.3) is 0 Å². The fourth-order valence-corrected chi connectivity index (χ4v) is 0.242. The first-order valence-electron chi connectivity index (χ1n) is 2.10. The molecule has 0 aliphatic carbocycles. The fraction of sp³-hybridized carbons (Fsp3) is 0.250. The van der Waals surface area contributed by atoms with Crippen LogP contribution >= 0.6 is 0 Å². The maximum absolute atomic E-state index is 10.1. The number of nitrogens with zero attached hydrogens (tertiary/aromatic N) is 2. The van der Waals surface area contributed by atoms with E-state index in [4.69, 9.17) is 10.5 Å². The molecule has 0 aromatic heterocycles. The summed E-state index contributed by atoms with van der Waals surface area (Å²) < 4.78 is 0. The molecule has 0 bridgehead atoms. The Labute approximate surface area is 51.6 Å². The Morgan fingerprint density at radius 2 is 2.44 bits per heavy atom. The van der Waals surface area contributed by atoms with Crippen LogP contribution in [0.5, 0.6) is 0 Å². The Hall–Kier alpha value is -1.57. The van der Waals surface area contributed by atoms with E-state index in [9.17, 15) is 4.79 Å². The van der Waals surface area contributed by atoms with Crippen molar-refractivity contribution in [3.05, 3.63) is 0 Å². The topological polar surface area (TPSA) is 85.5 Å². The molecule has 5 nitrogen and oxygen atoms in total. The number of hydrogen-bond acceptors (Lipinski definition) is 4. The van der Waals surface area contributed by atoms with E-state index in [0.717, 1.165) is 0 Å². The summed E-state index contributed by atoms with van der Waals surface area (Å²) in [6.07, 6.45) is 0. The van der Waals surface area contributed by atoms with Crippen molar-refractivity contribution < 1.29 is 10.0 Å². The number of amidine groups is 1. The molecule has 2 N–H and O–H groups in total. The molecule has 0 fully saturated rings. The highest BCUT2D eigenvalue weighted by molar-refractivity contribution is 6.05. The minimum Gasteiger partial charge on any atom is -0.409 e. The quantitative estimate of drug-likeness (QED) is 0.198. The molecule has 0 atom stereocenters. The van der Waals surface area contributed by atoms with E-state index in [1.54, 1.807) is 0 Å². The van der Waals surface area contributed by atoms with Crippen molar-refractivity contribution >= 4 is 11.7 Å². The van der Waals surface area contributed by atoms with E-state index in [-0.39, 0.29) is 0 Å². The molecule has 0 aliphatic rings. The van der Waals surface area contributed by atoms with Gasteiger partial charge in [0, 0.05) is 6.92 Å². The molecule has 0 saturated carbocycles. The number of nitrogens with one attached hydrogen (secondary N) is 1. The van der Waals surface area contributed by atoms with Crippen molar-refractivity contribution in [1.82, 2.24) is 5.32 Å². The number of amides is 1. The van der Waals surface area contributed by atoms with Crippen LogP contribution in [0.4, 0.5) is 0 Å². The molecule has 0 aromatic rings. The Kier molecular flexibility index (Phi) is 2.84. The lowest BCUT2D eigenvalue weighted by Crippen LogP contribution is -2.26. The molecule has 5 heteroatoms. The lowest BCUT2D eigenvalue weighted by Gasteiger charge is -1.90. The van der Waals surface area contributed by atoms with Gasteiger partial charge in [-0.1, -0.05) is 5.16 Å². The number of hydrogen-bond donors (Lipinski definition) is 2. The van der Waals surface area contributed by atoms with Gasteiger partial charge in [0.15, 0.2) is 0 Å². The third-order valence-electron chi connectivity index (χ3n) is 0.500. The number of carbonyl (C=O) groups excluding carboxylic acids is 1. The standard InChI is InChI=1S/C4H5N3O2/c1-3(8)6-4(2-5)7-9/h9H,1H3,(H,6,7,8). The van der Waals surface area contributed by atoms with Crippen LogP contribution in [0.1, 0.15) is 6.92 Å². The summed E-state index contributed by atoms with van der Waals surface area (Å²) in [5, 5.41) is 20.4. The van der Waals surface area contributed by atoms with Crippen molar-refractivity contribution in [2.75, 3.05) is 0 Å². The van der Waals surface area contributed by atoms with Crippen LogP contribution in [0, 0.1) is 11.3 Å². The van der Waals surface area contributed by atoms with Gasteiger partial charge < -0.3 is 5.21 Å². The van der Waals surface area contributed by atoms with Gasteiger partial charge in [-0.15, -0.1) is 0 Å². The van der Waals surface area contributed by atoms with Gasteiger partial charge in [-0.2, -0.15) is 5.26 Å². The summed E-state index contributed by atoms with van der Waals surface area (Å²) in [6, 6.07) is 1.45. The zero-order chi connectivity index (χ0) is 7.28. The van der Waals surface area contributed by atoms with Crippen LogP contribution < -0.4 is 5.32 Å². The molecule has 48 valence electrons. The molecule has 0 spiro atoms. The number of oxime groups is 1. The van der Waals surface area contributed by atoms with Crippen LogP contribution in [0.3, 0.4) is 0 Å². The maximum Gasteiger partial charge on any atom is 0.250 e. The SMILES string of the molecule is CC(=O)N/C(C#N)=N/O. The summed E-state index contributed by atoms with van der Waals surface area (Å²) in [7, 11) is 0. The molecule has 1 amide bonds. The second-order valence-corrected chi connectivity index (χ2v) is 1.24. The number of nitriles is 1. The molecule has 0 unspecified atom stereocenters. The van der Waals surface area contributed by atoms with Crippen molar-refractivity contribution in [3.63, 3.8) is 0 Å². The van der Waals surface area contributed by atoms with Gasteiger partial charge in [0.2, 0.25) is 11.7 Å². The Morgan fingerprint density at radius 3 is 2.56 bits per heavy atom. The second-order valence-electron chi connectivity index (χ2n) is 1.24. The number of carbonyl (C=O) groups is 1. The first-order valence-corrected chi connectivity index (χ1v) is 2.10. The van der Waals surface area contributed by atoms with Gasteiger partial charge in [-0.05, 0) is 0 Å². The highest BCUT2D eigenvalue weighted by Gasteiger charge is 1.96. The summed E-state index contributed by atoms with van der Waals surface area (Å²) in [4.78, 5) is 10.1. The lowest BCUT2D eigenvalue weighted by atomic mass is 10.6. The largest absolute Gasteiger partial charge is 0.409 e. The first-order chi connectivity index (χ1) is 4.20. The predicted octanol–water partition coefficient (Wildman–Crippen LogP) is -0.566.